The zero-order valence-electron chi connectivity index (χ0n) is 10.6. The first kappa shape index (κ1) is 13.8. The van der Waals surface area contributed by atoms with E-state index in [1.165, 1.54) is 6.26 Å². The average molecular weight is 323 g/mol. The molecule has 0 saturated heterocycles. The van der Waals surface area contributed by atoms with Crippen LogP contribution in [0.3, 0.4) is 0 Å². The molecule has 0 aliphatic heterocycles. The molecule has 0 bridgehead atoms. The van der Waals surface area contributed by atoms with E-state index in [-0.39, 0.29) is 5.91 Å². The molecule has 1 aromatic carbocycles. The fourth-order valence-corrected chi connectivity index (χ4v) is 2.10. The van der Waals surface area contributed by atoms with Crippen molar-refractivity contribution in [3.63, 3.8) is 0 Å². The van der Waals surface area contributed by atoms with E-state index in [1.807, 2.05) is 24.3 Å². The largest absolute Gasteiger partial charge is 0.457 e. The van der Waals surface area contributed by atoms with Crippen molar-refractivity contribution in [2.75, 3.05) is 11.9 Å². The van der Waals surface area contributed by atoms with Crippen molar-refractivity contribution >= 4 is 27.5 Å². The SMILES string of the molecule is CCNCc1cccc(NC(=O)c2ccoc2Br)c1. The normalized spacial score (nSPS) is 10.4. The molecule has 1 aromatic heterocycles. The summed E-state index contributed by atoms with van der Waals surface area (Å²) in [7, 11) is 0. The van der Waals surface area contributed by atoms with Crippen LogP contribution in [0.2, 0.25) is 0 Å². The summed E-state index contributed by atoms with van der Waals surface area (Å²) in [6.45, 7) is 3.76. The minimum Gasteiger partial charge on any atom is -0.457 e. The Hall–Kier alpha value is -1.59. The lowest BCUT2D eigenvalue weighted by Crippen LogP contribution is -2.13. The van der Waals surface area contributed by atoms with Crippen LogP contribution in [0.1, 0.15) is 22.8 Å². The number of anilines is 1. The molecule has 2 rings (SSSR count). The van der Waals surface area contributed by atoms with Crippen LogP contribution in [0.4, 0.5) is 5.69 Å². The Morgan fingerprint density at radius 1 is 1.37 bits per heavy atom. The van der Waals surface area contributed by atoms with Gasteiger partial charge in [0.1, 0.15) is 0 Å². The lowest BCUT2D eigenvalue weighted by molar-refractivity contribution is 0.102. The van der Waals surface area contributed by atoms with Gasteiger partial charge in [0.05, 0.1) is 11.8 Å². The van der Waals surface area contributed by atoms with Gasteiger partial charge in [0.25, 0.3) is 5.91 Å². The van der Waals surface area contributed by atoms with E-state index in [4.69, 9.17) is 4.42 Å². The van der Waals surface area contributed by atoms with E-state index in [0.29, 0.717) is 10.2 Å². The number of carbonyl (C=O) groups is 1. The Bertz CT molecular complexity index is 566. The maximum absolute atomic E-state index is 12.0. The van der Waals surface area contributed by atoms with Crippen LogP contribution in [0.25, 0.3) is 0 Å². The van der Waals surface area contributed by atoms with Gasteiger partial charge in [-0.15, -0.1) is 0 Å². The Morgan fingerprint density at radius 3 is 2.89 bits per heavy atom. The highest BCUT2D eigenvalue weighted by Gasteiger charge is 2.12. The predicted octanol–water partition coefficient (Wildman–Crippen LogP) is 3.40. The standard InChI is InChI=1S/C14H15BrN2O2/c1-2-16-9-10-4-3-5-11(8-10)17-14(18)12-6-7-19-13(12)15/h3-8,16H,2,9H2,1H3,(H,17,18). The van der Waals surface area contributed by atoms with Crippen molar-refractivity contribution in [1.82, 2.24) is 5.32 Å². The van der Waals surface area contributed by atoms with Crippen molar-refractivity contribution in [3.8, 4) is 0 Å². The lowest BCUT2D eigenvalue weighted by Gasteiger charge is -2.07. The summed E-state index contributed by atoms with van der Waals surface area (Å²) >= 11 is 3.19. The minimum absolute atomic E-state index is 0.193. The Kier molecular flexibility index (Phi) is 4.76. The molecular weight excluding hydrogens is 308 g/mol. The quantitative estimate of drug-likeness (QED) is 0.887. The van der Waals surface area contributed by atoms with Gasteiger partial charge in [-0.1, -0.05) is 19.1 Å². The van der Waals surface area contributed by atoms with E-state index in [1.54, 1.807) is 6.07 Å². The lowest BCUT2D eigenvalue weighted by atomic mass is 10.2. The fourth-order valence-electron chi connectivity index (χ4n) is 1.68. The molecule has 2 aromatic rings. The summed E-state index contributed by atoms with van der Waals surface area (Å²) < 4.78 is 5.48. The molecule has 0 atom stereocenters. The number of hydrogen-bond acceptors (Lipinski definition) is 3. The molecule has 0 spiro atoms. The van der Waals surface area contributed by atoms with E-state index >= 15 is 0 Å². The van der Waals surface area contributed by atoms with Crippen molar-refractivity contribution in [1.29, 1.82) is 0 Å². The van der Waals surface area contributed by atoms with Gasteiger partial charge in [0.2, 0.25) is 0 Å². The summed E-state index contributed by atoms with van der Waals surface area (Å²) in [6, 6.07) is 9.39. The highest BCUT2D eigenvalue weighted by atomic mass is 79.9. The zero-order chi connectivity index (χ0) is 13.7. The highest BCUT2D eigenvalue weighted by molar-refractivity contribution is 9.10. The Balaban J connectivity index is 2.07. The maximum Gasteiger partial charge on any atom is 0.260 e. The molecule has 0 saturated carbocycles. The Labute approximate surface area is 120 Å². The van der Waals surface area contributed by atoms with Gasteiger partial charge >= 0.3 is 0 Å². The number of benzene rings is 1. The van der Waals surface area contributed by atoms with E-state index in [0.717, 1.165) is 24.3 Å². The molecule has 0 radical (unpaired) electrons. The monoisotopic (exact) mass is 322 g/mol. The van der Waals surface area contributed by atoms with Crippen LogP contribution in [0, 0.1) is 0 Å². The zero-order valence-corrected chi connectivity index (χ0v) is 12.2. The molecular formula is C14H15BrN2O2. The van der Waals surface area contributed by atoms with Gasteiger partial charge < -0.3 is 15.1 Å². The number of rotatable bonds is 5. The van der Waals surface area contributed by atoms with Crippen LogP contribution in [-0.2, 0) is 6.54 Å². The molecule has 0 aliphatic rings. The van der Waals surface area contributed by atoms with Crippen molar-refractivity contribution < 1.29 is 9.21 Å². The van der Waals surface area contributed by atoms with Crippen LogP contribution in [-0.4, -0.2) is 12.5 Å². The van der Waals surface area contributed by atoms with Crippen molar-refractivity contribution in [3.05, 3.63) is 52.4 Å². The number of carbonyl (C=O) groups excluding carboxylic acids is 1. The van der Waals surface area contributed by atoms with Gasteiger partial charge in [0, 0.05) is 12.2 Å². The first-order valence-electron chi connectivity index (χ1n) is 6.04. The third-order valence-corrected chi connectivity index (χ3v) is 3.24. The van der Waals surface area contributed by atoms with Gasteiger partial charge in [-0.3, -0.25) is 4.79 Å². The topological polar surface area (TPSA) is 54.3 Å². The number of nitrogens with one attached hydrogen (secondary N) is 2. The third kappa shape index (κ3) is 3.68. The fraction of sp³-hybridized carbons (Fsp3) is 0.214. The van der Waals surface area contributed by atoms with Crippen LogP contribution in [0.15, 0.2) is 45.7 Å². The average Bonchev–Trinajstić information content (AvgIpc) is 2.83. The van der Waals surface area contributed by atoms with Gasteiger partial charge in [-0.05, 0) is 46.2 Å². The summed E-state index contributed by atoms with van der Waals surface area (Å²) in [5.74, 6) is -0.193. The van der Waals surface area contributed by atoms with Crippen LogP contribution in [0.5, 0.6) is 0 Å². The number of furan rings is 1. The number of halogens is 1. The molecule has 1 amide bonds. The van der Waals surface area contributed by atoms with Crippen LogP contribution >= 0.6 is 15.9 Å². The van der Waals surface area contributed by atoms with Gasteiger partial charge in [-0.2, -0.15) is 0 Å². The van der Waals surface area contributed by atoms with E-state index in [2.05, 4.69) is 33.5 Å². The number of amides is 1. The summed E-state index contributed by atoms with van der Waals surface area (Å²) in [5, 5.41) is 6.09. The second-order valence-corrected chi connectivity index (χ2v) is 4.76. The van der Waals surface area contributed by atoms with Gasteiger partial charge in [0.15, 0.2) is 4.67 Å². The van der Waals surface area contributed by atoms with Crippen LogP contribution < -0.4 is 10.6 Å². The summed E-state index contributed by atoms with van der Waals surface area (Å²) in [4.78, 5) is 12.0. The molecule has 19 heavy (non-hydrogen) atoms. The maximum atomic E-state index is 12.0. The molecule has 1 heterocycles. The van der Waals surface area contributed by atoms with Crippen molar-refractivity contribution in [2.45, 2.75) is 13.5 Å². The predicted molar refractivity (Wildman–Crippen MR) is 78.2 cm³/mol. The van der Waals surface area contributed by atoms with E-state index in [9.17, 15) is 4.79 Å². The first-order chi connectivity index (χ1) is 9.20. The highest BCUT2D eigenvalue weighted by Crippen LogP contribution is 2.19. The molecule has 100 valence electrons. The second kappa shape index (κ2) is 6.54. The molecule has 2 N–H and O–H groups in total. The molecule has 5 heteroatoms. The van der Waals surface area contributed by atoms with Gasteiger partial charge in [-0.25, -0.2) is 0 Å². The number of hydrogen-bond donors (Lipinski definition) is 2. The second-order valence-electron chi connectivity index (χ2n) is 4.04. The summed E-state index contributed by atoms with van der Waals surface area (Å²) in [6.07, 6.45) is 1.47. The smallest absolute Gasteiger partial charge is 0.260 e. The molecule has 4 nitrogen and oxygen atoms in total. The summed E-state index contributed by atoms with van der Waals surface area (Å²) in [5.41, 5.74) is 2.39. The van der Waals surface area contributed by atoms with Crippen molar-refractivity contribution in [2.24, 2.45) is 0 Å². The first-order valence-corrected chi connectivity index (χ1v) is 6.84. The Morgan fingerprint density at radius 2 is 2.21 bits per heavy atom. The third-order valence-electron chi connectivity index (χ3n) is 2.63. The molecule has 0 aliphatic carbocycles. The van der Waals surface area contributed by atoms with E-state index < -0.39 is 0 Å². The molecule has 0 fully saturated rings. The molecule has 0 unspecified atom stereocenters. The minimum atomic E-state index is -0.193.